The Bertz CT molecular complexity index is 702. The third-order valence-electron chi connectivity index (χ3n) is 3.98. The van der Waals surface area contributed by atoms with Gasteiger partial charge < -0.3 is 0 Å². The largest absolute Gasteiger partial charge is 0.283 e. The number of benzene rings is 2. The molecule has 3 nitrogen and oxygen atoms in total. The van der Waals surface area contributed by atoms with Crippen LogP contribution in [-0.4, -0.2) is 14.2 Å². The van der Waals surface area contributed by atoms with E-state index in [0.29, 0.717) is 6.42 Å². The first-order valence-corrected chi connectivity index (χ1v) is 9.86. The molecule has 0 saturated heterocycles. The fourth-order valence-electron chi connectivity index (χ4n) is 2.69. The van der Waals surface area contributed by atoms with Crippen molar-refractivity contribution >= 4 is 15.7 Å². The van der Waals surface area contributed by atoms with Crippen LogP contribution in [0.25, 0.3) is 0 Å². The van der Waals surface area contributed by atoms with Gasteiger partial charge in [0.15, 0.2) is 0 Å². The number of rotatable bonds is 8. The standard InChI is InChI=1S/C19H25NO2S/c1-3-17-13-8-14-18(4-2)19(17)20-23(21,22)15-9-12-16-10-6-5-7-11-16/h5-8,10-11,13-14,20H,3-4,9,12,15H2,1-2H3. The molecule has 0 saturated carbocycles. The zero-order valence-corrected chi connectivity index (χ0v) is 14.7. The molecular formula is C19H25NO2S. The van der Waals surface area contributed by atoms with Crippen LogP contribution in [0.15, 0.2) is 48.5 Å². The second-order valence-electron chi connectivity index (χ2n) is 5.67. The quantitative estimate of drug-likeness (QED) is 0.788. The molecule has 0 bridgehead atoms. The first kappa shape index (κ1) is 17.5. The number of anilines is 1. The van der Waals surface area contributed by atoms with Gasteiger partial charge >= 0.3 is 0 Å². The topological polar surface area (TPSA) is 46.2 Å². The first-order valence-electron chi connectivity index (χ1n) is 8.21. The summed E-state index contributed by atoms with van der Waals surface area (Å²) in [5, 5.41) is 0. The van der Waals surface area contributed by atoms with Gasteiger partial charge in [0.1, 0.15) is 0 Å². The molecule has 124 valence electrons. The second-order valence-corrected chi connectivity index (χ2v) is 7.51. The summed E-state index contributed by atoms with van der Waals surface area (Å²) in [6.45, 7) is 4.09. The van der Waals surface area contributed by atoms with Crippen LogP contribution in [0.4, 0.5) is 5.69 Å². The fourth-order valence-corrected chi connectivity index (χ4v) is 3.89. The molecule has 2 aromatic carbocycles. The molecule has 0 atom stereocenters. The summed E-state index contributed by atoms with van der Waals surface area (Å²) in [5.74, 6) is 0.142. The lowest BCUT2D eigenvalue weighted by molar-refractivity contribution is 0.598. The Hall–Kier alpha value is -1.81. The van der Waals surface area contributed by atoms with Crippen molar-refractivity contribution in [1.29, 1.82) is 0 Å². The Kier molecular flexibility index (Phi) is 6.22. The van der Waals surface area contributed by atoms with Crippen LogP contribution in [0.3, 0.4) is 0 Å². The van der Waals surface area contributed by atoms with Gasteiger partial charge in [-0.2, -0.15) is 0 Å². The summed E-state index contributed by atoms with van der Waals surface area (Å²) < 4.78 is 27.6. The Morgan fingerprint density at radius 3 is 2.04 bits per heavy atom. The van der Waals surface area contributed by atoms with Crippen LogP contribution in [0.5, 0.6) is 0 Å². The van der Waals surface area contributed by atoms with E-state index in [1.54, 1.807) is 0 Å². The van der Waals surface area contributed by atoms with E-state index < -0.39 is 10.0 Å². The smallest absolute Gasteiger partial charge is 0.232 e. The van der Waals surface area contributed by atoms with Gasteiger partial charge in [0.25, 0.3) is 0 Å². The molecule has 0 aliphatic rings. The van der Waals surface area contributed by atoms with Crippen molar-refractivity contribution in [3.05, 3.63) is 65.2 Å². The van der Waals surface area contributed by atoms with Crippen molar-refractivity contribution in [3.8, 4) is 0 Å². The third-order valence-corrected chi connectivity index (χ3v) is 5.32. The molecule has 4 heteroatoms. The zero-order chi connectivity index (χ0) is 16.7. The van der Waals surface area contributed by atoms with Crippen LogP contribution >= 0.6 is 0 Å². The Morgan fingerprint density at radius 2 is 1.48 bits per heavy atom. The molecule has 23 heavy (non-hydrogen) atoms. The summed E-state index contributed by atoms with van der Waals surface area (Å²) in [6, 6.07) is 16.0. The van der Waals surface area contributed by atoms with E-state index in [1.165, 1.54) is 5.56 Å². The van der Waals surface area contributed by atoms with Crippen molar-refractivity contribution in [2.24, 2.45) is 0 Å². The number of aryl methyl sites for hydroxylation is 3. The minimum Gasteiger partial charge on any atom is -0.283 e. The molecule has 0 aliphatic carbocycles. The fraction of sp³-hybridized carbons (Fsp3) is 0.368. The highest BCUT2D eigenvalue weighted by Gasteiger charge is 2.15. The lowest BCUT2D eigenvalue weighted by atomic mass is 10.0. The van der Waals surface area contributed by atoms with E-state index >= 15 is 0 Å². The maximum Gasteiger partial charge on any atom is 0.232 e. The van der Waals surface area contributed by atoms with Gasteiger partial charge in [-0.3, -0.25) is 4.72 Å². The molecule has 0 amide bonds. The maximum absolute atomic E-state index is 12.4. The molecule has 2 aromatic rings. The lowest BCUT2D eigenvalue weighted by Gasteiger charge is -2.15. The van der Waals surface area contributed by atoms with Crippen molar-refractivity contribution in [2.45, 2.75) is 39.5 Å². The van der Waals surface area contributed by atoms with Gasteiger partial charge in [-0.05, 0) is 42.4 Å². The van der Waals surface area contributed by atoms with E-state index in [-0.39, 0.29) is 5.75 Å². The predicted octanol–water partition coefficient (Wildman–Crippen LogP) is 4.19. The molecular weight excluding hydrogens is 306 g/mol. The summed E-state index contributed by atoms with van der Waals surface area (Å²) in [6.07, 6.45) is 3.03. The highest BCUT2D eigenvalue weighted by atomic mass is 32.2. The zero-order valence-electron chi connectivity index (χ0n) is 13.9. The average molecular weight is 331 g/mol. The normalized spacial score (nSPS) is 11.4. The number of sulfonamides is 1. The van der Waals surface area contributed by atoms with E-state index in [4.69, 9.17) is 0 Å². The van der Waals surface area contributed by atoms with Crippen LogP contribution in [0.1, 0.15) is 37.0 Å². The molecule has 0 fully saturated rings. The van der Waals surface area contributed by atoms with E-state index in [0.717, 1.165) is 36.1 Å². The molecule has 0 radical (unpaired) electrons. The van der Waals surface area contributed by atoms with Crippen LogP contribution in [0.2, 0.25) is 0 Å². The third kappa shape index (κ3) is 5.10. The highest BCUT2D eigenvalue weighted by molar-refractivity contribution is 7.92. The summed E-state index contributed by atoms with van der Waals surface area (Å²) in [4.78, 5) is 0. The monoisotopic (exact) mass is 331 g/mol. The summed E-state index contributed by atoms with van der Waals surface area (Å²) in [7, 11) is -3.32. The van der Waals surface area contributed by atoms with Crippen LogP contribution in [0, 0.1) is 0 Å². The number of nitrogens with one attached hydrogen (secondary N) is 1. The van der Waals surface area contributed by atoms with Crippen LogP contribution < -0.4 is 4.72 Å². The first-order chi connectivity index (χ1) is 11.1. The number of hydrogen-bond acceptors (Lipinski definition) is 2. The Labute approximate surface area is 139 Å². The minimum atomic E-state index is -3.32. The van der Waals surface area contributed by atoms with E-state index in [2.05, 4.69) is 4.72 Å². The molecule has 0 aliphatic heterocycles. The van der Waals surface area contributed by atoms with Gasteiger partial charge in [-0.25, -0.2) is 8.42 Å². The molecule has 0 unspecified atom stereocenters. The number of hydrogen-bond donors (Lipinski definition) is 1. The second kappa shape index (κ2) is 8.16. The SMILES string of the molecule is CCc1cccc(CC)c1NS(=O)(=O)CCCc1ccccc1. The summed E-state index contributed by atoms with van der Waals surface area (Å²) in [5.41, 5.74) is 4.05. The van der Waals surface area contributed by atoms with Crippen LogP contribution in [-0.2, 0) is 29.3 Å². The van der Waals surface area contributed by atoms with E-state index in [9.17, 15) is 8.42 Å². The Balaban J connectivity index is 2.04. The molecule has 0 spiro atoms. The molecule has 2 rings (SSSR count). The molecule has 0 heterocycles. The van der Waals surface area contributed by atoms with Crippen molar-refractivity contribution < 1.29 is 8.42 Å². The minimum absolute atomic E-state index is 0.142. The molecule has 1 N–H and O–H groups in total. The Morgan fingerprint density at radius 1 is 0.870 bits per heavy atom. The lowest BCUT2D eigenvalue weighted by Crippen LogP contribution is -2.19. The van der Waals surface area contributed by atoms with Gasteiger partial charge in [0, 0.05) is 0 Å². The summed E-state index contributed by atoms with van der Waals surface area (Å²) >= 11 is 0. The van der Waals surface area contributed by atoms with Gasteiger partial charge in [0.2, 0.25) is 10.0 Å². The van der Waals surface area contributed by atoms with Crippen molar-refractivity contribution in [1.82, 2.24) is 0 Å². The molecule has 0 aromatic heterocycles. The van der Waals surface area contributed by atoms with Gasteiger partial charge in [-0.1, -0.05) is 62.4 Å². The number of para-hydroxylation sites is 1. The highest BCUT2D eigenvalue weighted by Crippen LogP contribution is 2.24. The maximum atomic E-state index is 12.4. The van der Waals surface area contributed by atoms with Gasteiger partial charge in [0.05, 0.1) is 11.4 Å². The van der Waals surface area contributed by atoms with Gasteiger partial charge in [-0.15, -0.1) is 0 Å². The average Bonchev–Trinajstić information content (AvgIpc) is 2.55. The van der Waals surface area contributed by atoms with Crippen molar-refractivity contribution in [2.75, 3.05) is 10.5 Å². The van der Waals surface area contributed by atoms with E-state index in [1.807, 2.05) is 62.4 Å². The van der Waals surface area contributed by atoms with Crippen molar-refractivity contribution in [3.63, 3.8) is 0 Å². The predicted molar refractivity (Wildman–Crippen MR) is 97.4 cm³/mol.